The molecule has 3 heterocycles. The van der Waals surface area contributed by atoms with Crippen molar-refractivity contribution in [3.8, 4) is 0 Å². The molecule has 0 aromatic carbocycles. The first-order valence-corrected chi connectivity index (χ1v) is 9.32. The molecule has 1 amide bonds. The maximum Gasteiger partial charge on any atom is 0.490 e. The van der Waals surface area contributed by atoms with Crippen molar-refractivity contribution in [2.45, 2.75) is 13.1 Å². The highest BCUT2D eigenvalue weighted by molar-refractivity contribution is 7.12. The van der Waals surface area contributed by atoms with E-state index in [0.717, 1.165) is 31.1 Å². The minimum absolute atomic E-state index is 0.0954. The van der Waals surface area contributed by atoms with Gasteiger partial charge in [-0.3, -0.25) is 4.79 Å². The van der Waals surface area contributed by atoms with Gasteiger partial charge in [0.2, 0.25) is 0 Å². The Hall–Kier alpha value is -1.65. The Morgan fingerprint density at radius 2 is 2.04 bits per heavy atom. The number of carboxylic acid groups (broad SMARTS) is 1. The Morgan fingerprint density at radius 3 is 2.52 bits per heavy atom. The fourth-order valence-electron chi connectivity index (χ4n) is 3.50. The molecule has 27 heavy (non-hydrogen) atoms. The third-order valence-electron chi connectivity index (χ3n) is 4.88. The van der Waals surface area contributed by atoms with E-state index in [1.54, 1.807) is 0 Å². The number of carbonyl (C=O) groups excluding carboxylic acids is 1. The zero-order valence-electron chi connectivity index (χ0n) is 15.2. The minimum Gasteiger partial charge on any atom is -0.475 e. The molecule has 1 aromatic heterocycles. The van der Waals surface area contributed by atoms with Crippen molar-refractivity contribution in [1.82, 2.24) is 9.80 Å². The predicted molar refractivity (Wildman–Crippen MR) is 93.8 cm³/mol. The van der Waals surface area contributed by atoms with Crippen LogP contribution < -0.4 is 0 Å². The highest BCUT2D eigenvalue weighted by Gasteiger charge is 2.46. The first kappa shape index (κ1) is 21.6. The molecule has 152 valence electrons. The number of likely N-dealkylation sites (tertiary alicyclic amines) is 1. The number of halogens is 3. The van der Waals surface area contributed by atoms with Gasteiger partial charge in [-0.1, -0.05) is 13.0 Å². The van der Waals surface area contributed by atoms with Crippen LogP contribution in [0.4, 0.5) is 13.2 Å². The first-order valence-electron chi connectivity index (χ1n) is 8.44. The van der Waals surface area contributed by atoms with Crippen molar-refractivity contribution >= 4 is 23.2 Å². The molecule has 2 aliphatic rings. The zero-order valence-corrected chi connectivity index (χ0v) is 16.0. The van der Waals surface area contributed by atoms with Gasteiger partial charge >= 0.3 is 12.1 Å². The Bertz CT molecular complexity index is 653. The van der Waals surface area contributed by atoms with E-state index >= 15 is 0 Å². The highest BCUT2D eigenvalue weighted by Crippen LogP contribution is 2.38. The van der Waals surface area contributed by atoms with E-state index < -0.39 is 12.1 Å². The van der Waals surface area contributed by atoms with E-state index in [9.17, 15) is 18.0 Å². The third-order valence-corrected chi connectivity index (χ3v) is 5.74. The van der Waals surface area contributed by atoms with Crippen molar-refractivity contribution < 1.29 is 32.6 Å². The average Bonchev–Trinajstić information content (AvgIpc) is 3.12. The maximum absolute atomic E-state index is 12.6. The highest BCUT2D eigenvalue weighted by atomic mass is 32.1. The molecular formula is C17H23F3N2O4S. The topological polar surface area (TPSA) is 70.1 Å². The lowest BCUT2D eigenvalue weighted by Gasteiger charge is -2.34. The molecule has 1 N–H and O–H groups in total. The van der Waals surface area contributed by atoms with Crippen molar-refractivity contribution in [2.24, 2.45) is 11.3 Å². The van der Waals surface area contributed by atoms with Gasteiger partial charge in [0.05, 0.1) is 18.1 Å². The van der Waals surface area contributed by atoms with Gasteiger partial charge in [-0.25, -0.2) is 4.79 Å². The summed E-state index contributed by atoms with van der Waals surface area (Å²) in [5.41, 5.74) is 0.0954. The summed E-state index contributed by atoms with van der Waals surface area (Å²) < 4.78 is 37.6. The Balaban J connectivity index is 0.000000321. The van der Waals surface area contributed by atoms with Crippen LogP contribution in [0, 0.1) is 11.3 Å². The largest absolute Gasteiger partial charge is 0.490 e. The van der Waals surface area contributed by atoms with E-state index in [1.165, 1.54) is 11.3 Å². The van der Waals surface area contributed by atoms with Crippen molar-refractivity contribution in [1.29, 1.82) is 0 Å². The molecule has 6 nitrogen and oxygen atoms in total. The second-order valence-electron chi connectivity index (χ2n) is 7.02. The molecule has 2 atom stereocenters. The molecule has 2 saturated heterocycles. The molecular weight excluding hydrogens is 385 g/mol. The number of thiophene rings is 1. The number of amides is 1. The maximum atomic E-state index is 12.6. The smallest absolute Gasteiger partial charge is 0.475 e. The number of aliphatic carboxylic acids is 1. The molecule has 0 aliphatic carbocycles. The van der Waals surface area contributed by atoms with Gasteiger partial charge in [0.1, 0.15) is 0 Å². The SMILES string of the molecule is CC1CN(C)C[C@@]12COCCN(C(=O)c1cccs1)C2.O=C(O)C(F)(F)F. The molecule has 0 bridgehead atoms. The van der Waals surface area contributed by atoms with E-state index in [1.807, 2.05) is 22.4 Å². The second-order valence-corrected chi connectivity index (χ2v) is 7.97. The summed E-state index contributed by atoms with van der Waals surface area (Å²) in [6.07, 6.45) is -5.08. The number of carbonyl (C=O) groups is 2. The lowest BCUT2D eigenvalue weighted by Crippen LogP contribution is -2.45. The molecule has 1 unspecified atom stereocenters. The van der Waals surface area contributed by atoms with E-state index in [2.05, 4.69) is 18.9 Å². The number of ether oxygens (including phenoxy) is 1. The van der Waals surface area contributed by atoms with Gasteiger partial charge in [-0.15, -0.1) is 11.3 Å². The van der Waals surface area contributed by atoms with Crippen molar-refractivity contribution in [3.63, 3.8) is 0 Å². The Morgan fingerprint density at radius 1 is 1.37 bits per heavy atom. The number of alkyl halides is 3. The molecule has 0 radical (unpaired) electrons. The number of hydrogen-bond acceptors (Lipinski definition) is 5. The number of carboxylic acids is 1. The molecule has 1 spiro atoms. The number of rotatable bonds is 1. The standard InChI is InChI=1S/C15H22N2O2S.C2HF3O2/c1-12-8-16(2)9-15(12)10-17(5-6-19-11-15)14(18)13-4-3-7-20-13;3-2(4,5)1(6)7/h3-4,7,12H,5-6,8-11H2,1-2H3;(H,6,7)/t12?,15-;/m1./s1. The van der Waals surface area contributed by atoms with Crippen LogP contribution in [0.5, 0.6) is 0 Å². The Labute approximate surface area is 159 Å². The van der Waals surface area contributed by atoms with Crippen LogP contribution in [0.25, 0.3) is 0 Å². The number of hydrogen-bond donors (Lipinski definition) is 1. The quantitative estimate of drug-likeness (QED) is 0.773. The summed E-state index contributed by atoms with van der Waals surface area (Å²) in [5, 5.41) is 9.09. The van der Waals surface area contributed by atoms with Crippen LogP contribution in [0.1, 0.15) is 16.6 Å². The normalized spacial score (nSPS) is 26.4. The summed E-state index contributed by atoms with van der Waals surface area (Å²) in [6.45, 7) is 7.32. The first-order chi connectivity index (χ1) is 12.5. The van der Waals surface area contributed by atoms with E-state index in [-0.39, 0.29) is 11.3 Å². The van der Waals surface area contributed by atoms with Crippen LogP contribution in [0.3, 0.4) is 0 Å². The van der Waals surface area contributed by atoms with Crippen LogP contribution in [0.15, 0.2) is 17.5 Å². The van der Waals surface area contributed by atoms with Gasteiger partial charge < -0.3 is 19.6 Å². The van der Waals surface area contributed by atoms with Gasteiger partial charge in [0.25, 0.3) is 5.91 Å². The molecule has 3 rings (SSSR count). The minimum atomic E-state index is -5.08. The van der Waals surface area contributed by atoms with Gasteiger partial charge in [-0.2, -0.15) is 13.2 Å². The average molecular weight is 408 g/mol. The van der Waals surface area contributed by atoms with Crippen LogP contribution in [0.2, 0.25) is 0 Å². The van der Waals surface area contributed by atoms with Crippen LogP contribution in [-0.2, 0) is 9.53 Å². The summed E-state index contributed by atoms with van der Waals surface area (Å²) in [4.78, 5) is 26.7. The fraction of sp³-hybridized carbons (Fsp3) is 0.647. The predicted octanol–water partition coefficient (Wildman–Crippen LogP) is 2.42. The van der Waals surface area contributed by atoms with Crippen molar-refractivity contribution in [2.75, 3.05) is 46.4 Å². The molecule has 2 aliphatic heterocycles. The summed E-state index contributed by atoms with van der Waals surface area (Å²) in [7, 11) is 2.15. The van der Waals surface area contributed by atoms with Crippen LogP contribution >= 0.6 is 11.3 Å². The molecule has 10 heteroatoms. The van der Waals surface area contributed by atoms with Gasteiger partial charge in [0.15, 0.2) is 0 Å². The summed E-state index contributed by atoms with van der Waals surface area (Å²) in [6, 6.07) is 3.85. The Kier molecular flexibility index (Phi) is 6.87. The second kappa shape index (κ2) is 8.57. The molecule has 0 saturated carbocycles. The van der Waals surface area contributed by atoms with E-state index in [4.69, 9.17) is 14.6 Å². The third kappa shape index (κ3) is 5.43. The molecule has 1 aromatic rings. The number of nitrogens with zero attached hydrogens (tertiary/aromatic N) is 2. The van der Waals surface area contributed by atoms with Crippen molar-refractivity contribution in [3.05, 3.63) is 22.4 Å². The van der Waals surface area contributed by atoms with Gasteiger partial charge in [0, 0.05) is 31.6 Å². The van der Waals surface area contributed by atoms with E-state index in [0.29, 0.717) is 19.1 Å². The monoisotopic (exact) mass is 408 g/mol. The summed E-state index contributed by atoms with van der Waals surface area (Å²) >= 11 is 1.52. The fourth-order valence-corrected chi connectivity index (χ4v) is 4.19. The lowest BCUT2D eigenvalue weighted by atomic mass is 9.79. The molecule has 2 fully saturated rings. The summed E-state index contributed by atoms with van der Waals surface area (Å²) in [5.74, 6) is -2.04. The zero-order chi connectivity index (χ0) is 20.2. The van der Waals surface area contributed by atoms with Gasteiger partial charge in [-0.05, 0) is 24.4 Å². The van der Waals surface area contributed by atoms with Crippen LogP contribution in [-0.4, -0.2) is 79.4 Å². The lowest BCUT2D eigenvalue weighted by molar-refractivity contribution is -0.192.